The van der Waals surface area contributed by atoms with Gasteiger partial charge < -0.3 is 16.4 Å². The molecule has 4 N–H and O–H groups in total. The normalized spacial score (nSPS) is 19.9. The first-order valence-corrected chi connectivity index (χ1v) is 11.3. The second-order valence-electron chi connectivity index (χ2n) is 7.69. The molecule has 1 aliphatic carbocycles. The van der Waals surface area contributed by atoms with Gasteiger partial charge in [0.25, 0.3) is 5.78 Å². The summed E-state index contributed by atoms with van der Waals surface area (Å²) in [5, 5.41) is 11.0. The summed E-state index contributed by atoms with van der Waals surface area (Å²) in [6.45, 7) is 0. The molecular weight excluding hydrogens is 404 g/mol. The van der Waals surface area contributed by atoms with Gasteiger partial charge in [-0.05, 0) is 49.9 Å². The maximum atomic E-state index is 12.3. The molecule has 2 heterocycles. The molecule has 0 amide bonds. The van der Waals surface area contributed by atoms with Crippen molar-refractivity contribution in [2.24, 2.45) is 5.73 Å². The molecule has 0 bridgehead atoms. The largest absolute Gasteiger partial charge is 0.367 e. The monoisotopic (exact) mass is 430 g/mol. The summed E-state index contributed by atoms with van der Waals surface area (Å²) < 4.78 is 27.3. The number of hydrogen-bond donors (Lipinski definition) is 3. The topological polar surface area (TPSA) is 131 Å². The van der Waals surface area contributed by atoms with Crippen LogP contribution in [0.3, 0.4) is 0 Å². The lowest BCUT2D eigenvalue weighted by Gasteiger charge is -2.27. The fourth-order valence-electron chi connectivity index (χ4n) is 3.52. The molecule has 3 aromatic rings. The van der Waals surface area contributed by atoms with Crippen molar-refractivity contribution in [1.82, 2.24) is 23.9 Å². The average Bonchev–Trinajstić information content (AvgIpc) is 3.19. The van der Waals surface area contributed by atoms with Gasteiger partial charge in [0.05, 0.1) is 4.90 Å². The van der Waals surface area contributed by atoms with Crippen molar-refractivity contribution in [3.05, 3.63) is 36.7 Å². The molecule has 1 fully saturated rings. The molecular formula is C19H26N8O2S. The van der Waals surface area contributed by atoms with Crippen LogP contribution in [-0.4, -0.2) is 58.5 Å². The summed E-state index contributed by atoms with van der Waals surface area (Å²) in [5.74, 6) is 1.86. The van der Waals surface area contributed by atoms with Gasteiger partial charge in [-0.3, -0.25) is 0 Å². The van der Waals surface area contributed by atoms with Crippen LogP contribution in [0, 0.1) is 0 Å². The van der Waals surface area contributed by atoms with Gasteiger partial charge in [0, 0.05) is 37.9 Å². The van der Waals surface area contributed by atoms with Crippen molar-refractivity contribution in [3.8, 4) is 0 Å². The van der Waals surface area contributed by atoms with Crippen molar-refractivity contribution in [2.75, 3.05) is 24.7 Å². The number of nitrogens with one attached hydrogen (secondary N) is 2. The van der Waals surface area contributed by atoms with E-state index in [0.29, 0.717) is 23.5 Å². The van der Waals surface area contributed by atoms with Gasteiger partial charge in [-0.25, -0.2) is 12.7 Å². The lowest BCUT2D eigenvalue weighted by Crippen LogP contribution is -2.33. The van der Waals surface area contributed by atoms with E-state index in [-0.39, 0.29) is 10.9 Å². The Morgan fingerprint density at radius 1 is 1.13 bits per heavy atom. The first kappa shape index (κ1) is 20.5. The van der Waals surface area contributed by atoms with Crippen LogP contribution >= 0.6 is 0 Å². The summed E-state index contributed by atoms with van der Waals surface area (Å²) in [4.78, 5) is 8.98. The molecule has 30 heavy (non-hydrogen) atoms. The van der Waals surface area contributed by atoms with E-state index in [9.17, 15) is 8.42 Å². The fraction of sp³-hybridized carbons (Fsp3) is 0.421. The van der Waals surface area contributed by atoms with E-state index in [1.807, 2.05) is 6.07 Å². The quantitative estimate of drug-likeness (QED) is 0.540. The number of hydrogen-bond acceptors (Lipinski definition) is 8. The number of rotatable bonds is 6. The SMILES string of the molecule is CN(C)S(=O)(=O)c1ccc(Nc2cc(NC3CCC(N)CC3)nc3ncnn23)cc1. The molecule has 0 saturated heterocycles. The van der Waals surface area contributed by atoms with E-state index >= 15 is 0 Å². The Balaban J connectivity index is 1.57. The second-order valence-corrected chi connectivity index (χ2v) is 9.84. The number of anilines is 3. The van der Waals surface area contributed by atoms with Gasteiger partial charge in [0.15, 0.2) is 0 Å². The fourth-order valence-corrected chi connectivity index (χ4v) is 4.42. The first-order valence-electron chi connectivity index (χ1n) is 9.85. The second kappa shape index (κ2) is 8.17. The highest BCUT2D eigenvalue weighted by Gasteiger charge is 2.20. The van der Waals surface area contributed by atoms with Gasteiger partial charge in [0.1, 0.15) is 18.0 Å². The minimum Gasteiger partial charge on any atom is -0.367 e. The molecule has 10 nitrogen and oxygen atoms in total. The minimum atomic E-state index is -3.47. The lowest BCUT2D eigenvalue weighted by molar-refractivity contribution is 0.410. The Bertz CT molecular complexity index is 1120. The van der Waals surface area contributed by atoms with Crippen molar-refractivity contribution in [1.29, 1.82) is 0 Å². The maximum Gasteiger partial charge on any atom is 0.256 e. The van der Waals surface area contributed by atoms with Crippen LogP contribution < -0.4 is 16.4 Å². The van der Waals surface area contributed by atoms with Crippen molar-refractivity contribution >= 4 is 33.1 Å². The number of fused-ring (bicyclic) bond motifs is 1. The maximum absolute atomic E-state index is 12.3. The van der Waals surface area contributed by atoms with Gasteiger partial charge in [0.2, 0.25) is 10.0 Å². The highest BCUT2D eigenvalue weighted by atomic mass is 32.2. The van der Waals surface area contributed by atoms with Gasteiger partial charge in [-0.15, -0.1) is 0 Å². The standard InChI is InChI=1S/C19H26N8O2S/c1-26(2)30(28,29)16-9-7-15(8-10-16)24-18-11-17(25-19-21-12-22-27(18)19)23-14-5-3-13(20)4-6-14/h7-14,24H,3-6,20H2,1-2H3,(H,21,22,23,25). The number of sulfonamides is 1. The van der Waals surface area contributed by atoms with Crippen LogP contribution in [-0.2, 0) is 10.0 Å². The zero-order valence-electron chi connectivity index (χ0n) is 17.0. The molecule has 11 heteroatoms. The van der Waals surface area contributed by atoms with E-state index in [2.05, 4.69) is 25.7 Å². The van der Waals surface area contributed by atoms with Crippen LogP contribution in [0.5, 0.6) is 0 Å². The number of aromatic nitrogens is 4. The molecule has 0 radical (unpaired) electrons. The predicted octanol–water partition coefficient (Wildman–Crippen LogP) is 1.80. The van der Waals surface area contributed by atoms with E-state index in [1.165, 1.54) is 24.7 Å². The highest BCUT2D eigenvalue weighted by Crippen LogP contribution is 2.25. The Labute approximate surface area is 175 Å². The molecule has 160 valence electrons. The van der Waals surface area contributed by atoms with Crippen molar-refractivity contribution in [3.63, 3.8) is 0 Å². The number of nitrogens with two attached hydrogens (primary N) is 1. The molecule has 2 aromatic heterocycles. The van der Waals surface area contributed by atoms with E-state index in [4.69, 9.17) is 5.73 Å². The zero-order valence-corrected chi connectivity index (χ0v) is 17.8. The molecule has 0 unspecified atom stereocenters. The van der Waals surface area contributed by atoms with E-state index in [0.717, 1.165) is 31.4 Å². The van der Waals surface area contributed by atoms with Gasteiger partial charge in [-0.1, -0.05) is 0 Å². The Hall–Kier alpha value is -2.76. The van der Waals surface area contributed by atoms with Crippen LogP contribution in [0.4, 0.5) is 17.3 Å². The summed E-state index contributed by atoms with van der Waals surface area (Å²) in [6, 6.07) is 9.06. The van der Waals surface area contributed by atoms with Crippen LogP contribution in [0.1, 0.15) is 25.7 Å². The van der Waals surface area contributed by atoms with E-state index in [1.54, 1.807) is 28.8 Å². The van der Waals surface area contributed by atoms with Crippen LogP contribution in [0.15, 0.2) is 41.6 Å². The highest BCUT2D eigenvalue weighted by molar-refractivity contribution is 7.89. The average molecular weight is 431 g/mol. The summed E-state index contributed by atoms with van der Waals surface area (Å²) in [6.07, 6.45) is 5.45. The summed E-state index contributed by atoms with van der Waals surface area (Å²) in [7, 11) is -0.453. The third-order valence-corrected chi connectivity index (χ3v) is 7.11. The smallest absolute Gasteiger partial charge is 0.256 e. The van der Waals surface area contributed by atoms with Crippen molar-refractivity contribution < 1.29 is 8.42 Å². The Morgan fingerprint density at radius 3 is 2.50 bits per heavy atom. The zero-order chi connectivity index (χ0) is 21.3. The summed E-state index contributed by atoms with van der Waals surface area (Å²) >= 11 is 0. The molecule has 1 aromatic carbocycles. The molecule has 1 aliphatic rings. The van der Waals surface area contributed by atoms with Crippen molar-refractivity contribution in [2.45, 2.75) is 42.7 Å². The number of benzene rings is 1. The van der Waals surface area contributed by atoms with Crippen LogP contribution in [0.2, 0.25) is 0 Å². The van der Waals surface area contributed by atoms with Crippen LogP contribution in [0.25, 0.3) is 5.78 Å². The van der Waals surface area contributed by atoms with E-state index < -0.39 is 10.0 Å². The molecule has 0 spiro atoms. The third-order valence-electron chi connectivity index (χ3n) is 5.28. The molecule has 0 aliphatic heterocycles. The summed E-state index contributed by atoms with van der Waals surface area (Å²) in [5.41, 5.74) is 6.73. The lowest BCUT2D eigenvalue weighted by atomic mass is 9.92. The number of nitrogens with zero attached hydrogens (tertiary/aromatic N) is 5. The Morgan fingerprint density at radius 2 is 1.83 bits per heavy atom. The Kier molecular flexibility index (Phi) is 5.58. The first-order chi connectivity index (χ1) is 14.3. The minimum absolute atomic E-state index is 0.233. The molecule has 1 saturated carbocycles. The molecule has 0 atom stereocenters. The molecule has 4 rings (SSSR count). The third kappa shape index (κ3) is 4.23. The predicted molar refractivity (Wildman–Crippen MR) is 115 cm³/mol. The van der Waals surface area contributed by atoms with Gasteiger partial charge >= 0.3 is 0 Å². The van der Waals surface area contributed by atoms with Gasteiger partial charge in [-0.2, -0.15) is 19.6 Å².